The third-order valence-corrected chi connectivity index (χ3v) is 10.8. The molecule has 0 aromatic carbocycles. The number of carbonyl (C=O) groups excluding carboxylic acids is 2. The molecule has 2 aliphatic rings. The molecule has 0 aromatic heterocycles. The summed E-state index contributed by atoms with van der Waals surface area (Å²) in [7, 11) is 0.255. The van der Waals surface area contributed by atoms with Crippen molar-refractivity contribution < 1.29 is 33.5 Å². The molecule has 2 saturated heterocycles. The number of esters is 1. The Labute approximate surface area is 280 Å². The van der Waals surface area contributed by atoms with E-state index < -0.39 is 58.0 Å². The van der Waals surface area contributed by atoms with Crippen LogP contribution in [0.5, 0.6) is 0 Å². The summed E-state index contributed by atoms with van der Waals surface area (Å²) in [5.41, 5.74) is -1.18. The van der Waals surface area contributed by atoms with Crippen molar-refractivity contribution >= 4 is 34.3 Å². The van der Waals surface area contributed by atoms with Crippen LogP contribution < -0.4 is 5.32 Å². The molecule has 0 unspecified atom stereocenters. The first-order valence-electron chi connectivity index (χ1n) is 17.7. The lowest BCUT2D eigenvalue weighted by Crippen LogP contribution is -2.66. The standard InChI is InChI=1S/C34H63ClN2O7S/c1-6-8-9-10-11-12-13-14-15-16-17-18-19-21-27(38)43-32-30(40)29(39)31(44-34(32)45(5)42)28(24(3)35)36-33(41)26-22-25(20-7-2)23-37(26)4/h24-26,28-32,34,39-40H,6-23H2,1-5H3,(H,36,41)/t24-,25-,26+,28-,29-,30+,31-,32-,34-,45+/m1/s1. The zero-order valence-electron chi connectivity index (χ0n) is 28.6. The van der Waals surface area contributed by atoms with Crippen molar-refractivity contribution in [1.29, 1.82) is 0 Å². The van der Waals surface area contributed by atoms with Gasteiger partial charge in [-0.1, -0.05) is 97.3 Å². The van der Waals surface area contributed by atoms with E-state index in [9.17, 15) is 24.0 Å². The SMILES string of the molecule is CCCCCCCCCCCCCCCC(=O)O[C@@H]1[C@@H](O)[C@@H](O)[C@@H]([C@H](NC(=O)[C@@H]2C[C@@H](CCC)CN2C)[C@@H](C)Cl)O[C@@H]1[S@](C)=O. The molecule has 9 nitrogen and oxygen atoms in total. The van der Waals surface area contributed by atoms with Gasteiger partial charge in [-0.05, 0) is 39.2 Å². The van der Waals surface area contributed by atoms with Gasteiger partial charge in [0.15, 0.2) is 11.5 Å². The maximum Gasteiger partial charge on any atom is 0.306 e. The van der Waals surface area contributed by atoms with Crippen LogP contribution in [-0.4, -0.2) is 98.4 Å². The Kier molecular flexibility index (Phi) is 19.7. The van der Waals surface area contributed by atoms with Crippen LogP contribution in [0.15, 0.2) is 0 Å². The van der Waals surface area contributed by atoms with Crippen molar-refractivity contribution in [2.75, 3.05) is 19.8 Å². The second-order valence-corrected chi connectivity index (χ2v) is 15.6. The Balaban J connectivity index is 1.82. The van der Waals surface area contributed by atoms with Gasteiger partial charge in [-0.2, -0.15) is 0 Å². The lowest BCUT2D eigenvalue weighted by atomic mass is 9.92. The molecular formula is C34H63ClN2O7S. The van der Waals surface area contributed by atoms with Gasteiger partial charge in [0.1, 0.15) is 18.3 Å². The van der Waals surface area contributed by atoms with Crippen molar-refractivity contribution in [3.05, 3.63) is 0 Å². The summed E-state index contributed by atoms with van der Waals surface area (Å²) in [5, 5.41) is 24.4. The molecule has 0 saturated carbocycles. The number of aliphatic hydroxyl groups is 2. The normalized spacial score (nSPS) is 29.3. The Morgan fingerprint density at radius 2 is 1.51 bits per heavy atom. The molecule has 3 N–H and O–H groups in total. The third kappa shape index (κ3) is 13.7. The lowest BCUT2D eigenvalue weighted by Gasteiger charge is -2.45. The van der Waals surface area contributed by atoms with E-state index in [0.717, 1.165) is 45.1 Å². The van der Waals surface area contributed by atoms with Crippen molar-refractivity contribution in [3.8, 4) is 0 Å². The van der Waals surface area contributed by atoms with Gasteiger partial charge >= 0.3 is 5.97 Å². The van der Waals surface area contributed by atoms with Gasteiger partial charge in [0.2, 0.25) is 5.91 Å². The number of halogens is 1. The molecular weight excluding hydrogens is 616 g/mol. The van der Waals surface area contributed by atoms with Crippen LogP contribution in [0.25, 0.3) is 0 Å². The summed E-state index contributed by atoms with van der Waals surface area (Å²) in [5.74, 6) is -0.310. The Hall–Kier alpha value is -0.780. The topological polar surface area (TPSA) is 125 Å². The highest BCUT2D eigenvalue weighted by molar-refractivity contribution is 7.84. The fourth-order valence-electron chi connectivity index (χ4n) is 6.80. The number of hydrogen-bond acceptors (Lipinski definition) is 8. The number of ether oxygens (including phenoxy) is 2. The van der Waals surface area contributed by atoms with Gasteiger partial charge in [-0.15, -0.1) is 11.6 Å². The maximum absolute atomic E-state index is 13.3. The first-order chi connectivity index (χ1) is 21.5. The number of likely N-dealkylation sites (tertiary alicyclic amines) is 1. The van der Waals surface area contributed by atoms with E-state index in [2.05, 4.69) is 19.2 Å². The quantitative estimate of drug-likeness (QED) is 0.0786. The zero-order chi connectivity index (χ0) is 33.4. The number of unbranched alkanes of at least 4 members (excludes halogenated alkanes) is 12. The van der Waals surface area contributed by atoms with Gasteiger partial charge < -0.3 is 25.0 Å². The summed E-state index contributed by atoms with van der Waals surface area (Å²) >= 11 is 6.49. The third-order valence-electron chi connectivity index (χ3n) is 9.45. The summed E-state index contributed by atoms with van der Waals surface area (Å²) in [6.45, 7) is 6.87. The van der Waals surface area contributed by atoms with Crippen LogP contribution in [0.3, 0.4) is 0 Å². The maximum atomic E-state index is 13.3. The first-order valence-corrected chi connectivity index (χ1v) is 19.7. The Morgan fingerprint density at radius 3 is 2.02 bits per heavy atom. The summed E-state index contributed by atoms with van der Waals surface area (Å²) in [4.78, 5) is 28.0. The molecule has 0 spiro atoms. The highest BCUT2D eigenvalue weighted by Crippen LogP contribution is 2.31. The van der Waals surface area contributed by atoms with E-state index in [4.69, 9.17) is 21.1 Å². The average Bonchev–Trinajstić information content (AvgIpc) is 3.36. The van der Waals surface area contributed by atoms with Crippen LogP contribution in [0.4, 0.5) is 0 Å². The molecule has 0 aliphatic carbocycles. The number of carbonyl (C=O) groups is 2. The summed E-state index contributed by atoms with van der Waals surface area (Å²) < 4.78 is 24.3. The predicted molar refractivity (Wildman–Crippen MR) is 182 cm³/mol. The molecule has 2 fully saturated rings. The molecule has 1 amide bonds. The highest BCUT2D eigenvalue weighted by Gasteiger charge is 2.52. The van der Waals surface area contributed by atoms with E-state index in [0.29, 0.717) is 12.3 Å². The number of aliphatic hydroxyl groups excluding tert-OH is 2. The Bertz CT molecular complexity index is 881. The number of likely N-dealkylation sites (N-methyl/N-ethyl adjacent to an activating group) is 1. The number of amides is 1. The van der Waals surface area contributed by atoms with Crippen LogP contribution in [0.1, 0.15) is 130 Å². The molecule has 2 heterocycles. The molecule has 10 atom stereocenters. The van der Waals surface area contributed by atoms with Gasteiger partial charge in [-0.3, -0.25) is 18.7 Å². The van der Waals surface area contributed by atoms with Crippen molar-refractivity contribution in [2.45, 2.75) is 177 Å². The van der Waals surface area contributed by atoms with Crippen molar-refractivity contribution in [1.82, 2.24) is 10.2 Å². The molecule has 11 heteroatoms. The average molecular weight is 679 g/mol. The van der Waals surface area contributed by atoms with Gasteiger partial charge in [-0.25, -0.2) is 0 Å². The zero-order valence-corrected chi connectivity index (χ0v) is 30.2. The number of rotatable bonds is 22. The number of nitrogens with zero attached hydrogens (tertiary/aromatic N) is 1. The van der Waals surface area contributed by atoms with Crippen LogP contribution in [0.2, 0.25) is 0 Å². The molecule has 0 radical (unpaired) electrons. The van der Waals surface area contributed by atoms with Crippen molar-refractivity contribution in [2.24, 2.45) is 5.92 Å². The fourth-order valence-corrected chi connectivity index (χ4v) is 7.88. The van der Waals surface area contributed by atoms with Crippen LogP contribution in [-0.2, 0) is 29.9 Å². The van der Waals surface area contributed by atoms with E-state index in [1.54, 1.807) is 6.92 Å². The second kappa shape index (κ2) is 22.0. The molecule has 0 bridgehead atoms. The number of alkyl halides is 1. The summed E-state index contributed by atoms with van der Waals surface area (Å²) in [6, 6.07) is -1.20. The molecule has 45 heavy (non-hydrogen) atoms. The van der Waals surface area contributed by atoms with E-state index in [1.165, 1.54) is 64.0 Å². The monoisotopic (exact) mass is 678 g/mol. The molecule has 2 aliphatic heterocycles. The minimum absolute atomic E-state index is 0.175. The highest BCUT2D eigenvalue weighted by atomic mass is 35.5. The number of nitrogens with one attached hydrogen (secondary N) is 1. The van der Waals surface area contributed by atoms with Gasteiger partial charge in [0, 0.05) is 19.2 Å². The summed E-state index contributed by atoms with van der Waals surface area (Å²) in [6.07, 6.45) is 14.5. The Morgan fingerprint density at radius 1 is 0.956 bits per heavy atom. The first kappa shape index (κ1) is 40.4. The number of hydrogen-bond donors (Lipinski definition) is 3. The molecule has 0 aromatic rings. The smallest absolute Gasteiger partial charge is 0.306 e. The van der Waals surface area contributed by atoms with E-state index in [1.807, 2.05) is 11.9 Å². The van der Waals surface area contributed by atoms with E-state index >= 15 is 0 Å². The molecule has 2 rings (SSSR count). The minimum atomic E-state index is -1.66. The van der Waals surface area contributed by atoms with Crippen molar-refractivity contribution in [3.63, 3.8) is 0 Å². The fraction of sp³-hybridized carbons (Fsp3) is 0.941. The van der Waals surface area contributed by atoms with E-state index in [-0.39, 0.29) is 18.4 Å². The second-order valence-electron chi connectivity index (χ2n) is 13.5. The van der Waals surface area contributed by atoms with Crippen LogP contribution >= 0.6 is 11.6 Å². The largest absolute Gasteiger partial charge is 0.456 e. The van der Waals surface area contributed by atoms with Gasteiger partial charge in [0.05, 0.1) is 28.3 Å². The minimum Gasteiger partial charge on any atom is -0.456 e. The molecule has 264 valence electrons. The lowest BCUT2D eigenvalue weighted by molar-refractivity contribution is -0.219. The van der Waals surface area contributed by atoms with Gasteiger partial charge in [0.25, 0.3) is 0 Å². The predicted octanol–water partition coefficient (Wildman–Crippen LogP) is 5.44. The van der Waals surface area contributed by atoms with Crippen LogP contribution in [0, 0.1) is 5.92 Å².